The number of phenols is 1. The highest BCUT2D eigenvalue weighted by molar-refractivity contribution is 5.95. The molecule has 10 heteroatoms. The minimum Gasteiger partial charge on any atom is -0.508 e. The third-order valence-corrected chi connectivity index (χ3v) is 7.93. The molecule has 2 fully saturated rings. The summed E-state index contributed by atoms with van der Waals surface area (Å²) in [6, 6.07) is 12.0. The number of aromatic nitrogens is 2. The number of benzene rings is 2. The number of fused-ring (bicyclic) bond motifs is 2. The first-order valence-corrected chi connectivity index (χ1v) is 13.4. The van der Waals surface area contributed by atoms with Gasteiger partial charge in [-0.05, 0) is 44.3 Å². The van der Waals surface area contributed by atoms with E-state index in [0.717, 1.165) is 47.1 Å². The zero-order valence-electron chi connectivity index (χ0n) is 21.7. The topological polar surface area (TPSA) is 77.0 Å². The van der Waals surface area contributed by atoms with Crippen molar-refractivity contribution >= 4 is 22.3 Å². The second-order valence-electron chi connectivity index (χ2n) is 10.7. The van der Waals surface area contributed by atoms with Crippen molar-refractivity contribution in [3.63, 3.8) is 0 Å². The van der Waals surface area contributed by atoms with E-state index < -0.39 is 12.5 Å². The highest BCUT2D eigenvalue weighted by atomic mass is 19.3. The van der Waals surface area contributed by atoms with Crippen LogP contribution in [-0.4, -0.2) is 84.9 Å². The molecular formula is C28H34F2N6O2. The van der Waals surface area contributed by atoms with Crippen LogP contribution in [0.5, 0.6) is 11.8 Å². The second kappa shape index (κ2) is 10.1. The van der Waals surface area contributed by atoms with E-state index in [1.807, 2.05) is 24.3 Å². The van der Waals surface area contributed by atoms with Crippen molar-refractivity contribution in [1.82, 2.24) is 20.2 Å². The Morgan fingerprint density at radius 3 is 2.84 bits per heavy atom. The summed E-state index contributed by atoms with van der Waals surface area (Å²) in [6.45, 7) is 2.79. The highest BCUT2D eigenvalue weighted by Crippen LogP contribution is 2.37. The smallest absolute Gasteiger partial charge is 0.318 e. The fraction of sp³-hybridized carbons (Fsp3) is 0.500. The average Bonchev–Trinajstić information content (AvgIpc) is 3.22. The summed E-state index contributed by atoms with van der Waals surface area (Å²) in [5.41, 5.74) is 2.60. The van der Waals surface area contributed by atoms with E-state index in [1.54, 1.807) is 17.0 Å². The molecule has 1 atom stereocenters. The highest BCUT2D eigenvalue weighted by Gasteiger charge is 2.36. The number of nitrogens with zero attached hydrogens (tertiary/aromatic N) is 5. The molecule has 0 aliphatic carbocycles. The molecule has 38 heavy (non-hydrogen) atoms. The monoisotopic (exact) mass is 524 g/mol. The summed E-state index contributed by atoms with van der Waals surface area (Å²) in [4.78, 5) is 15.7. The Bertz CT molecular complexity index is 1320. The SMILES string of the molecule is CN1CCCC1COc1nc2c(c(N3CCNCC(F)(F)C3)n1)CCN(c1cc(O)cc3ccccc13)C2. The number of anilines is 2. The summed E-state index contributed by atoms with van der Waals surface area (Å²) in [5.74, 6) is -2.10. The van der Waals surface area contributed by atoms with Crippen molar-refractivity contribution in [2.45, 2.75) is 37.8 Å². The third kappa shape index (κ3) is 5.07. The number of aromatic hydroxyl groups is 1. The van der Waals surface area contributed by atoms with Gasteiger partial charge in [0.1, 0.15) is 18.2 Å². The molecule has 202 valence electrons. The van der Waals surface area contributed by atoms with Gasteiger partial charge in [0.15, 0.2) is 0 Å². The number of likely N-dealkylation sites (N-methyl/N-ethyl adjacent to an activating group) is 1. The van der Waals surface area contributed by atoms with Crippen LogP contribution in [0, 0.1) is 0 Å². The van der Waals surface area contributed by atoms with Crippen LogP contribution in [0.25, 0.3) is 10.8 Å². The predicted molar refractivity (Wildman–Crippen MR) is 144 cm³/mol. The molecule has 1 unspecified atom stereocenters. The lowest BCUT2D eigenvalue weighted by molar-refractivity contribution is 0.0155. The van der Waals surface area contributed by atoms with Gasteiger partial charge in [-0.2, -0.15) is 9.97 Å². The number of alkyl halides is 2. The number of rotatable bonds is 5. The van der Waals surface area contributed by atoms with Crippen molar-refractivity contribution in [2.24, 2.45) is 0 Å². The molecule has 0 spiro atoms. The predicted octanol–water partition coefficient (Wildman–Crippen LogP) is 3.42. The van der Waals surface area contributed by atoms with Crippen LogP contribution in [-0.2, 0) is 13.0 Å². The Hall–Kier alpha value is -3.24. The minimum absolute atomic E-state index is 0.205. The van der Waals surface area contributed by atoms with Gasteiger partial charge in [-0.25, -0.2) is 8.78 Å². The van der Waals surface area contributed by atoms with E-state index >= 15 is 0 Å². The number of phenolic OH excluding ortho intramolecular Hbond substituents is 1. The Balaban J connectivity index is 1.36. The van der Waals surface area contributed by atoms with Crippen LogP contribution >= 0.6 is 0 Å². The van der Waals surface area contributed by atoms with Crippen LogP contribution in [0.3, 0.4) is 0 Å². The molecule has 2 N–H and O–H groups in total. The van der Waals surface area contributed by atoms with Crippen molar-refractivity contribution in [1.29, 1.82) is 0 Å². The van der Waals surface area contributed by atoms with Crippen LogP contribution < -0.4 is 19.9 Å². The quantitative estimate of drug-likeness (QED) is 0.526. The summed E-state index contributed by atoms with van der Waals surface area (Å²) in [6.07, 6.45) is 2.79. The first-order chi connectivity index (χ1) is 18.4. The van der Waals surface area contributed by atoms with Gasteiger partial charge in [-0.15, -0.1) is 0 Å². The molecule has 0 bridgehead atoms. The molecule has 8 nitrogen and oxygen atoms in total. The van der Waals surface area contributed by atoms with Gasteiger partial charge in [-0.3, -0.25) is 0 Å². The minimum atomic E-state index is -2.86. The van der Waals surface area contributed by atoms with Gasteiger partial charge >= 0.3 is 6.01 Å². The molecule has 0 saturated carbocycles. The first-order valence-electron chi connectivity index (χ1n) is 13.4. The van der Waals surface area contributed by atoms with E-state index in [1.165, 1.54) is 0 Å². The maximum Gasteiger partial charge on any atom is 0.318 e. The Morgan fingerprint density at radius 1 is 1.13 bits per heavy atom. The Morgan fingerprint density at radius 2 is 2.00 bits per heavy atom. The summed E-state index contributed by atoms with van der Waals surface area (Å²) < 4.78 is 35.3. The fourth-order valence-electron chi connectivity index (χ4n) is 5.90. The molecule has 3 aromatic rings. The zero-order chi connectivity index (χ0) is 26.3. The van der Waals surface area contributed by atoms with Crippen molar-refractivity contribution < 1.29 is 18.6 Å². The molecule has 6 rings (SSSR count). The molecule has 2 aromatic carbocycles. The lowest BCUT2D eigenvalue weighted by Gasteiger charge is -2.34. The largest absolute Gasteiger partial charge is 0.508 e. The van der Waals surface area contributed by atoms with Crippen LogP contribution in [0.1, 0.15) is 24.1 Å². The number of ether oxygens (including phenoxy) is 1. The third-order valence-electron chi connectivity index (χ3n) is 7.93. The normalized spacial score (nSPS) is 21.9. The number of nitrogens with one attached hydrogen (secondary N) is 1. The van der Waals surface area contributed by atoms with Gasteiger partial charge in [0.05, 0.1) is 25.3 Å². The molecule has 1 aromatic heterocycles. The lowest BCUT2D eigenvalue weighted by Crippen LogP contribution is -2.40. The number of halogens is 2. The fourth-order valence-corrected chi connectivity index (χ4v) is 5.90. The number of hydrogen-bond acceptors (Lipinski definition) is 8. The van der Waals surface area contributed by atoms with Crippen molar-refractivity contribution in [3.05, 3.63) is 47.7 Å². The summed E-state index contributed by atoms with van der Waals surface area (Å²) in [5, 5.41) is 15.3. The molecule has 2 saturated heterocycles. The van der Waals surface area contributed by atoms with E-state index in [9.17, 15) is 13.9 Å². The first kappa shape index (κ1) is 25.1. The van der Waals surface area contributed by atoms with E-state index in [0.29, 0.717) is 51.1 Å². The number of likely N-dealkylation sites (tertiary alicyclic amines) is 1. The Kier molecular flexibility index (Phi) is 6.69. The maximum absolute atomic E-state index is 14.6. The van der Waals surface area contributed by atoms with Crippen LogP contribution in [0.2, 0.25) is 0 Å². The molecule has 0 radical (unpaired) electrons. The van der Waals surface area contributed by atoms with Gasteiger partial charge in [-0.1, -0.05) is 24.3 Å². The summed E-state index contributed by atoms with van der Waals surface area (Å²) in [7, 11) is 2.09. The molecular weight excluding hydrogens is 490 g/mol. The van der Waals surface area contributed by atoms with E-state index in [2.05, 4.69) is 22.2 Å². The molecule has 4 heterocycles. The van der Waals surface area contributed by atoms with Crippen LogP contribution in [0.15, 0.2) is 36.4 Å². The van der Waals surface area contributed by atoms with Crippen LogP contribution in [0.4, 0.5) is 20.3 Å². The average molecular weight is 525 g/mol. The van der Waals surface area contributed by atoms with E-state index in [-0.39, 0.29) is 18.3 Å². The van der Waals surface area contributed by atoms with Gasteiger partial charge < -0.3 is 29.9 Å². The molecule has 3 aliphatic heterocycles. The van der Waals surface area contributed by atoms with Crippen molar-refractivity contribution in [3.8, 4) is 11.8 Å². The molecule has 3 aliphatic rings. The number of hydrogen-bond donors (Lipinski definition) is 2. The van der Waals surface area contributed by atoms with E-state index in [4.69, 9.17) is 14.7 Å². The lowest BCUT2D eigenvalue weighted by atomic mass is 10.0. The standard InChI is InChI=1S/C28H34F2N6O2/c1-34-10-4-6-20(34)16-38-27-32-24-15-35(25-14-21(37)13-19-5-2-3-7-22(19)25)11-8-23(24)26(33-27)36-12-9-31-17-28(29,30)18-36/h2-3,5,7,13-14,20,31,37H,4,6,8-12,15-18H2,1H3. The maximum atomic E-state index is 14.6. The van der Waals surface area contributed by atoms with Gasteiger partial charge in [0.25, 0.3) is 5.92 Å². The molecule has 0 amide bonds. The Labute approximate surface area is 221 Å². The van der Waals surface area contributed by atoms with Crippen molar-refractivity contribution in [2.75, 3.05) is 62.7 Å². The zero-order valence-corrected chi connectivity index (χ0v) is 21.7. The second-order valence-corrected chi connectivity index (χ2v) is 10.7. The van der Waals surface area contributed by atoms with Gasteiger partial charge in [0, 0.05) is 48.4 Å². The summed E-state index contributed by atoms with van der Waals surface area (Å²) >= 11 is 0. The van der Waals surface area contributed by atoms with Gasteiger partial charge in [0.2, 0.25) is 0 Å².